The summed E-state index contributed by atoms with van der Waals surface area (Å²) >= 11 is 0. The van der Waals surface area contributed by atoms with Crippen LogP contribution < -0.4 is 5.73 Å². The van der Waals surface area contributed by atoms with Gasteiger partial charge >= 0.3 is 0 Å². The normalized spacial score (nSPS) is 30.0. The first-order valence-corrected chi connectivity index (χ1v) is 9.92. The molecule has 2 aliphatic rings. The summed E-state index contributed by atoms with van der Waals surface area (Å²) in [6.45, 7) is 6.37. The zero-order chi connectivity index (χ0) is 18.3. The highest BCUT2D eigenvalue weighted by Gasteiger charge is 2.51. The third-order valence-corrected chi connectivity index (χ3v) is 5.95. The van der Waals surface area contributed by atoms with Crippen LogP contribution in [0.1, 0.15) is 52.0 Å². The number of hydrogen-bond donors (Lipinski definition) is 1. The number of anilines is 1. The van der Waals surface area contributed by atoms with Gasteiger partial charge in [-0.15, -0.1) is 0 Å². The number of ether oxygens (including phenoxy) is 2. The van der Waals surface area contributed by atoms with Crippen molar-refractivity contribution in [1.82, 2.24) is 4.98 Å². The van der Waals surface area contributed by atoms with Crippen LogP contribution in [-0.4, -0.2) is 23.0 Å². The number of hydrogen-bond acceptors (Lipinski definition) is 4. The van der Waals surface area contributed by atoms with Gasteiger partial charge in [0.2, 0.25) is 0 Å². The van der Waals surface area contributed by atoms with E-state index in [4.69, 9.17) is 15.2 Å². The number of fused-ring (bicyclic) bond motifs is 2. The van der Waals surface area contributed by atoms with Crippen LogP contribution in [-0.2, 0) is 15.9 Å². The van der Waals surface area contributed by atoms with E-state index in [-0.39, 0.29) is 12.2 Å². The fourth-order valence-electron chi connectivity index (χ4n) is 4.75. The topological polar surface area (TPSA) is 57.4 Å². The number of unbranched alkanes of at least 4 members (excludes halogenated alkanes) is 1. The summed E-state index contributed by atoms with van der Waals surface area (Å²) in [7, 11) is 0. The lowest BCUT2D eigenvalue weighted by Crippen LogP contribution is -2.25. The van der Waals surface area contributed by atoms with Crippen LogP contribution >= 0.6 is 0 Å². The van der Waals surface area contributed by atoms with E-state index in [2.05, 4.69) is 24.0 Å². The lowest BCUT2D eigenvalue weighted by molar-refractivity contribution is -0.160. The van der Waals surface area contributed by atoms with Gasteiger partial charge in [-0.25, -0.2) is 0 Å². The van der Waals surface area contributed by atoms with Gasteiger partial charge < -0.3 is 15.2 Å². The highest BCUT2D eigenvalue weighted by Crippen LogP contribution is 2.46. The summed E-state index contributed by atoms with van der Waals surface area (Å²) in [5.74, 6) is 0.814. The van der Waals surface area contributed by atoms with Crippen LogP contribution in [0.2, 0.25) is 0 Å². The Morgan fingerprint density at radius 2 is 2.00 bits per heavy atom. The molecule has 1 saturated heterocycles. The molecule has 1 aromatic carbocycles. The highest BCUT2D eigenvalue weighted by molar-refractivity contribution is 5.89. The predicted molar refractivity (Wildman–Crippen MR) is 105 cm³/mol. The standard InChI is InChI=1S/C22H30N2O2/c1-14-11-17(21-20(14)25-22(2,3)26-21)8-5-4-7-15-12-16-9-6-10-18(23)19(16)24-13-15/h6,9-10,12-14,17,20-21H,4-5,7-8,11,23H2,1-3H3/t14?,17-,20-,21+/m0/s1. The molecule has 1 aromatic heterocycles. The molecule has 4 atom stereocenters. The minimum atomic E-state index is -0.416. The average molecular weight is 354 g/mol. The molecule has 140 valence electrons. The molecule has 1 aliphatic heterocycles. The van der Waals surface area contributed by atoms with Gasteiger partial charge in [0.1, 0.15) is 0 Å². The molecule has 4 heteroatoms. The Morgan fingerprint density at radius 3 is 2.85 bits per heavy atom. The van der Waals surface area contributed by atoms with Crippen molar-refractivity contribution in [1.29, 1.82) is 0 Å². The fraction of sp³-hybridized carbons (Fsp3) is 0.591. The molecule has 0 radical (unpaired) electrons. The number of aryl methyl sites for hydroxylation is 1. The van der Waals surface area contributed by atoms with Crippen molar-refractivity contribution in [3.63, 3.8) is 0 Å². The van der Waals surface area contributed by atoms with E-state index in [1.54, 1.807) is 0 Å². The van der Waals surface area contributed by atoms with E-state index in [0.29, 0.717) is 11.8 Å². The predicted octanol–water partition coefficient (Wildman–Crippen LogP) is 4.71. The first kappa shape index (κ1) is 17.7. The van der Waals surface area contributed by atoms with Crippen molar-refractivity contribution < 1.29 is 9.47 Å². The summed E-state index contributed by atoms with van der Waals surface area (Å²) in [5, 5.41) is 1.13. The van der Waals surface area contributed by atoms with Crippen LogP contribution in [0.5, 0.6) is 0 Å². The van der Waals surface area contributed by atoms with E-state index in [1.165, 1.54) is 31.2 Å². The average Bonchev–Trinajstić information content (AvgIpc) is 3.06. The van der Waals surface area contributed by atoms with Gasteiger partial charge in [-0.2, -0.15) is 0 Å². The number of nitrogens with two attached hydrogens (primary N) is 1. The monoisotopic (exact) mass is 354 g/mol. The number of benzene rings is 1. The first-order chi connectivity index (χ1) is 12.4. The smallest absolute Gasteiger partial charge is 0.163 e. The minimum Gasteiger partial charge on any atom is -0.397 e. The van der Waals surface area contributed by atoms with Crippen LogP contribution in [0, 0.1) is 11.8 Å². The number of para-hydroxylation sites is 1. The lowest BCUT2D eigenvalue weighted by atomic mass is 9.96. The lowest BCUT2D eigenvalue weighted by Gasteiger charge is -2.22. The van der Waals surface area contributed by atoms with Crippen molar-refractivity contribution in [3.05, 3.63) is 36.0 Å². The summed E-state index contributed by atoms with van der Waals surface area (Å²) in [4.78, 5) is 4.54. The molecule has 0 amide bonds. The Morgan fingerprint density at radius 1 is 1.19 bits per heavy atom. The molecule has 1 unspecified atom stereocenters. The van der Waals surface area contributed by atoms with Crippen molar-refractivity contribution in [2.45, 2.75) is 70.9 Å². The summed E-state index contributed by atoms with van der Waals surface area (Å²) in [6.07, 6.45) is 8.46. The Balaban J connectivity index is 1.30. The van der Waals surface area contributed by atoms with Gasteiger partial charge in [0, 0.05) is 11.6 Å². The van der Waals surface area contributed by atoms with Gasteiger partial charge in [0.15, 0.2) is 5.79 Å². The zero-order valence-corrected chi connectivity index (χ0v) is 16.1. The van der Waals surface area contributed by atoms with E-state index >= 15 is 0 Å². The second-order valence-corrected chi connectivity index (χ2v) is 8.55. The van der Waals surface area contributed by atoms with Crippen molar-refractivity contribution in [3.8, 4) is 0 Å². The molecule has 1 saturated carbocycles. The summed E-state index contributed by atoms with van der Waals surface area (Å²) < 4.78 is 12.3. The van der Waals surface area contributed by atoms with Crippen molar-refractivity contribution >= 4 is 16.6 Å². The second-order valence-electron chi connectivity index (χ2n) is 8.55. The largest absolute Gasteiger partial charge is 0.397 e. The van der Waals surface area contributed by atoms with E-state index < -0.39 is 5.79 Å². The molecule has 26 heavy (non-hydrogen) atoms. The third kappa shape index (κ3) is 3.45. The molecule has 2 N–H and O–H groups in total. The maximum atomic E-state index is 6.19. The molecule has 0 bridgehead atoms. The SMILES string of the molecule is CC1C[C@H](CCCCc2cnc3c(N)cccc3c2)[C@H]2OC(C)(C)O[C@@H]12. The maximum absolute atomic E-state index is 6.19. The maximum Gasteiger partial charge on any atom is 0.163 e. The van der Waals surface area contributed by atoms with E-state index in [1.807, 2.05) is 32.2 Å². The fourth-order valence-corrected chi connectivity index (χ4v) is 4.75. The number of pyridine rings is 1. The quantitative estimate of drug-likeness (QED) is 0.624. The van der Waals surface area contributed by atoms with Crippen molar-refractivity contribution in [2.75, 3.05) is 5.73 Å². The molecule has 2 fully saturated rings. The van der Waals surface area contributed by atoms with E-state index in [0.717, 1.165) is 23.0 Å². The van der Waals surface area contributed by atoms with Crippen LogP contribution in [0.25, 0.3) is 10.9 Å². The second kappa shape index (κ2) is 6.82. The number of nitrogen functional groups attached to an aromatic ring is 1. The van der Waals surface area contributed by atoms with Gasteiger partial charge in [-0.05, 0) is 69.1 Å². The number of rotatable bonds is 5. The number of aromatic nitrogens is 1. The zero-order valence-electron chi connectivity index (χ0n) is 16.1. The highest BCUT2D eigenvalue weighted by atomic mass is 16.8. The third-order valence-electron chi connectivity index (χ3n) is 5.95. The molecule has 1 aliphatic carbocycles. The Hall–Kier alpha value is -1.65. The van der Waals surface area contributed by atoms with Gasteiger partial charge in [0.25, 0.3) is 0 Å². The summed E-state index contributed by atoms with van der Waals surface area (Å²) in [5.41, 5.74) is 8.94. The molecule has 4 nitrogen and oxygen atoms in total. The Kier molecular flexibility index (Phi) is 4.66. The molecule has 2 heterocycles. The molecular formula is C22H30N2O2. The molecular weight excluding hydrogens is 324 g/mol. The van der Waals surface area contributed by atoms with Gasteiger partial charge in [0.05, 0.1) is 23.4 Å². The van der Waals surface area contributed by atoms with Crippen LogP contribution in [0.4, 0.5) is 5.69 Å². The van der Waals surface area contributed by atoms with Crippen molar-refractivity contribution in [2.24, 2.45) is 11.8 Å². The molecule has 2 aromatic rings. The minimum absolute atomic E-state index is 0.283. The Bertz CT molecular complexity index is 789. The molecule has 4 rings (SSSR count). The first-order valence-electron chi connectivity index (χ1n) is 9.92. The van der Waals surface area contributed by atoms with Gasteiger partial charge in [-0.3, -0.25) is 4.98 Å². The summed E-state index contributed by atoms with van der Waals surface area (Å²) in [6, 6.07) is 8.21. The van der Waals surface area contributed by atoms with Crippen LogP contribution in [0.15, 0.2) is 30.5 Å². The number of nitrogens with zero attached hydrogens (tertiary/aromatic N) is 1. The van der Waals surface area contributed by atoms with E-state index in [9.17, 15) is 0 Å². The van der Waals surface area contributed by atoms with Crippen LogP contribution in [0.3, 0.4) is 0 Å². The Labute approximate surface area is 156 Å². The molecule has 0 spiro atoms. The van der Waals surface area contributed by atoms with Gasteiger partial charge in [-0.1, -0.05) is 25.5 Å².